The highest BCUT2D eigenvalue weighted by atomic mass is 16.3. The summed E-state index contributed by atoms with van der Waals surface area (Å²) in [5.41, 5.74) is 1.62. The smallest absolute Gasteiger partial charge is 0.251 e. The van der Waals surface area contributed by atoms with Gasteiger partial charge in [-0.1, -0.05) is 20.3 Å². The van der Waals surface area contributed by atoms with Crippen LogP contribution in [0.3, 0.4) is 0 Å². The molecule has 5 nitrogen and oxygen atoms in total. The van der Waals surface area contributed by atoms with Crippen molar-refractivity contribution in [3.05, 3.63) is 29.6 Å². The molecule has 1 aromatic heterocycles. The molecule has 0 spiro atoms. The van der Waals surface area contributed by atoms with Crippen LogP contribution in [-0.2, 0) is 6.42 Å². The average Bonchev–Trinajstić information content (AvgIpc) is 2.89. The first-order valence-electron chi connectivity index (χ1n) is 8.26. The number of nitrogens with one attached hydrogen (secondary N) is 1. The summed E-state index contributed by atoms with van der Waals surface area (Å²) in [7, 11) is 0. The summed E-state index contributed by atoms with van der Waals surface area (Å²) in [5.74, 6) is 0.446. The molecule has 2 heterocycles. The lowest BCUT2D eigenvalue weighted by Gasteiger charge is -2.19. The molecule has 5 heteroatoms. The van der Waals surface area contributed by atoms with E-state index in [4.69, 9.17) is 5.11 Å². The molecule has 0 aromatic carbocycles. The Bertz CT molecular complexity index is 493. The van der Waals surface area contributed by atoms with Crippen molar-refractivity contribution in [3.8, 4) is 0 Å². The van der Waals surface area contributed by atoms with Gasteiger partial charge in [-0.3, -0.25) is 14.7 Å². The number of carbonyl (C=O) groups excluding carboxylic acids is 1. The molecule has 0 aliphatic carbocycles. The van der Waals surface area contributed by atoms with Crippen LogP contribution in [0.5, 0.6) is 0 Å². The number of hydrogen-bond acceptors (Lipinski definition) is 4. The minimum atomic E-state index is -0.0194. The normalized spacial score (nSPS) is 22.0. The number of hydrogen-bond donors (Lipinski definition) is 2. The second-order valence-electron chi connectivity index (χ2n) is 6.00. The lowest BCUT2D eigenvalue weighted by atomic mass is 9.98. The van der Waals surface area contributed by atoms with Crippen LogP contribution in [0, 0.1) is 5.92 Å². The molecule has 1 saturated heterocycles. The Balaban J connectivity index is 2.01. The lowest BCUT2D eigenvalue weighted by Crippen LogP contribution is -2.40. The predicted octanol–water partition coefficient (Wildman–Crippen LogP) is 1.47. The van der Waals surface area contributed by atoms with Gasteiger partial charge in [0.2, 0.25) is 0 Å². The van der Waals surface area contributed by atoms with Crippen molar-refractivity contribution in [2.45, 2.75) is 39.2 Å². The summed E-state index contributed by atoms with van der Waals surface area (Å²) in [6.45, 7) is 6.83. The average molecular weight is 305 g/mol. The Morgan fingerprint density at radius 2 is 2.27 bits per heavy atom. The molecule has 22 heavy (non-hydrogen) atoms. The van der Waals surface area contributed by atoms with Gasteiger partial charge in [-0.05, 0) is 30.9 Å². The van der Waals surface area contributed by atoms with Crippen LogP contribution in [-0.4, -0.2) is 53.2 Å². The molecular weight excluding hydrogens is 278 g/mol. The van der Waals surface area contributed by atoms with E-state index < -0.39 is 0 Å². The van der Waals surface area contributed by atoms with Crippen molar-refractivity contribution in [1.29, 1.82) is 0 Å². The van der Waals surface area contributed by atoms with Gasteiger partial charge < -0.3 is 10.4 Å². The number of aryl methyl sites for hydroxylation is 1. The maximum absolute atomic E-state index is 12.5. The predicted molar refractivity (Wildman–Crippen MR) is 86.8 cm³/mol. The Labute approximate surface area is 132 Å². The SMILES string of the molecule is CCC[C@H]1CN(CCO)C[C@@H]1NC(=O)c1ccnc(CC)c1. The van der Waals surface area contributed by atoms with Crippen molar-refractivity contribution >= 4 is 5.91 Å². The Morgan fingerprint density at radius 3 is 2.95 bits per heavy atom. The fraction of sp³-hybridized carbons (Fsp3) is 0.647. The number of nitrogens with zero attached hydrogens (tertiary/aromatic N) is 2. The van der Waals surface area contributed by atoms with Crippen molar-refractivity contribution in [2.24, 2.45) is 5.92 Å². The van der Waals surface area contributed by atoms with E-state index in [2.05, 4.69) is 22.1 Å². The number of rotatable bonds is 7. The van der Waals surface area contributed by atoms with Gasteiger partial charge in [0.05, 0.1) is 6.61 Å². The van der Waals surface area contributed by atoms with Crippen molar-refractivity contribution in [1.82, 2.24) is 15.2 Å². The van der Waals surface area contributed by atoms with Gasteiger partial charge in [-0.2, -0.15) is 0 Å². The molecule has 2 N–H and O–H groups in total. The van der Waals surface area contributed by atoms with Gasteiger partial charge in [0.1, 0.15) is 0 Å². The number of β-amino-alcohol motifs (C(OH)–C–C–N with tert-alkyl or cyclic N) is 1. The van der Waals surface area contributed by atoms with Crippen LogP contribution in [0.15, 0.2) is 18.3 Å². The second kappa shape index (κ2) is 8.25. The van der Waals surface area contributed by atoms with Crippen LogP contribution in [0.25, 0.3) is 0 Å². The number of amides is 1. The molecule has 0 unspecified atom stereocenters. The van der Waals surface area contributed by atoms with Gasteiger partial charge in [0, 0.05) is 43.1 Å². The van der Waals surface area contributed by atoms with Gasteiger partial charge in [-0.15, -0.1) is 0 Å². The van der Waals surface area contributed by atoms with Crippen molar-refractivity contribution < 1.29 is 9.90 Å². The number of carbonyl (C=O) groups is 1. The summed E-state index contributed by atoms with van der Waals surface area (Å²) in [6, 6.07) is 3.80. The topological polar surface area (TPSA) is 65.5 Å². The third kappa shape index (κ3) is 4.27. The first-order chi connectivity index (χ1) is 10.7. The van der Waals surface area contributed by atoms with E-state index in [9.17, 15) is 4.79 Å². The standard InChI is InChI=1S/C17H27N3O2/c1-3-5-14-11-20(8-9-21)12-16(14)19-17(22)13-6-7-18-15(4-2)10-13/h6-7,10,14,16,21H,3-5,8-9,11-12H2,1-2H3,(H,19,22)/t14-,16-/m0/s1. The third-order valence-corrected chi connectivity index (χ3v) is 4.35. The van der Waals surface area contributed by atoms with E-state index in [1.54, 1.807) is 12.3 Å². The van der Waals surface area contributed by atoms with E-state index in [0.717, 1.165) is 38.0 Å². The Kier molecular flexibility index (Phi) is 6.34. The Morgan fingerprint density at radius 1 is 1.45 bits per heavy atom. The molecule has 1 amide bonds. The molecule has 2 atom stereocenters. The molecule has 1 aromatic rings. The number of pyridine rings is 1. The highest BCUT2D eigenvalue weighted by molar-refractivity contribution is 5.94. The maximum atomic E-state index is 12.5. The number of aromatic nitrogens is 1. The molecular formula is C17H27N3O2. The molecule has 0 radical (unpaired) electrons. The molecule has 0 bridgehead atoms. The van der Waals surface area contributed by atoms with E-state index in [1.807, 2.05) is 13.0 Å². The number of likely N-dealkylation sites (tertiary alicyclic amines) is 1. The maximum Gasteiger partial charge on any atom is 0.251 e. The van der Waals surface area contributed by atoms with E-state index in [0.29, 0.717) is 18.0 Å². The minimum absolute atomic E-state index is 0.0194. The highest BCUT2D eigenvalue weighted by Gasteiger charge is 2.32. The Hall–Kier alpha value is -1.46. The van der Waals surface area contributed by atoms with Crippen LogP contribution in [0.4, 0.5) is 0 Å². The van der Waals surface area contributed by atoms with E-state index in [1.165, 1.54) is 0 Å². The fourth-order valence-electron chi connectivity index (χ4n) is 3.18. The zero-order valence-electron chi connectivity index (χ0n) is 13.6. The third-order valence-electron chi connectivity index (χ3n) is 4.35. The second-order valence-corrected chi connectivity index (χ2v) is 6.00. The number of aliphatic hydroxyl groups is 1. The zero-order valence-corrected chi connectivity index (χ0v) is 13.6. The van der Waals surface area contributed by atoms with E-state index >= 15 is 0 Å². The molecule has 1 aliphatic heterocycles. The zero-order chi connectivity index (χ0) is 15.9. The van der Waals surface area contributed by atoms with Gasteiger partial charge in [0.25, 0.3) is 5.91 Å². The molecule has 0 saturated carbocycles. The van der Waals surface area contributed by atoms with Crippen LogP contribution in [0.2, 0.25) is 0 Å². The van der Waals surface area contributed by atoms with Gasteiger partial charge in [-0.25, -0.2) is 0 Å². The number of aliphatic hydroxyl groups excluding tert-OH is 1. The summed E-state index contributed by atoms with van der Waals surface area (Å²) in [5, 5.41) is 12.3. The summed E-state index contributed by atoms with van der Waals surface area (Å²) in [4.78, 5) is 18.9. The molecule has 1 aliphatic rings. The molecule has 1 fully saturated rings. The quantitative estimate of drug-likeness (QED) is 0.800. The van der Waals surface area contributed by atoms with Crippen LogP contribution in [0.1, 0.15) is 42.7 Å². The van der Waals surface area contributed by atoms with Gasteiger partial charge in [0.15, 0.2) is 0 Å². The largest absolute Gasteiger partial charge is 0.395 e. The lowest BCUT2D eigenvalue weighted by molar-refractivity contribution is 0.0928. The first kappa shape index (κ1) is 16.9. The highest BCUT2D eigenvalue weighted by Crippen LogP contribution is 2.22. The molecule has 122 valence electrons. The minimum Gasteiger partial charge on any atom is -0.395 e. The molecule has 2 rings (SSSR count). The fourth-order valence-corrected chi connectivity index (χ4v) is 3.18. The van der Waals surface area contributed by atoms with Crippen molar-refractivity contribution in [2.75, 3.05) is 26.2 Å². The summed E-state index contributed by atoms with van der Waals surface area (Å²) < 4.78 is 0. The van der Waals surface area contributed by atoms with E-state index in [-0.39, 0.29) is 18.6 Å². The monoisotopic (exact) mass is 305 g/mol. The van der Waals surface area contributed by atoms with Crippen molar-refractivity contribution in [3.63, 3.8) is 0 Å². The van der Waals surface area contributed by atoms with Crippen LogP contribution < -0.4 is 5.32 Å². The first-order valence-corrected chi connectivity index (χ1v) is 8.26. The van der Waals surface area contributed by atoms with Crippen LogP contribution >= 0.6 is 0 Å². The van der Waals surface area contributed by atoms with Gasteiger partial charge >= 0.3 is 0 Å². The summed E-state index contributed by atoms with van der Waals surface area (Å²) in [6.07, 6.45) is 4.74. The summed E-state index contributed by atoms with van der Waals surface area (Å²) >= 11 is 0.